The second-order valence-corrected chi connectivity index (χ2v) is 11.6. The number of aliphatic hydroxyl groups excluding tert-OH is 2. The largest absolute Gasteiger partial charge is 0.481 e. The molecule has 4 fully saturated rings. The van der Waals surface area contributed by atoms with Crippen LogP contribution in [0.2, 0.25) is 0 Å². The Kier molecular flexibility index (Phi) is 5.89. The summed E-state index contributed by atoms with van der Waals surface area (Å²) in [7, 11) is 0. The van der Waals surface area contributed by atoms with Gasteiger partial charge in [-0.2, -0.15) is 0 Å². The lowest BCUT2D eigenvalue weighted by molar-refractivity contribution is -0.147. The fraction of sp³-hybridized carbons (Fsp3) is 0.885. The van der Waals surface area contributed by atoms with Gasteiger partial charge in [-0.15, -0.1) is 0 Å². The van der Waals surface area contributed by atoms with Crippen molar-refractivity contribution in [2.24, 2.45) is 46.3 Å². The third kappa shape index (κ3) is 3.28. The maximum Gasteiger partial charge on any atom is 0.303 e. The van der Waals surface area contributed by atoms with Crippen LogP contribution in [-0.4, -0.2) is 33.5 Å². The van der Waals surface area contributed by atoms with E-state index >= 15 is 0 Å². The van der Waals surface area contributed by atoms with Gasteiger partial charge < -0.3 is 15.3 Å². The van der Waals surface area contributed by atoms with Crippen molar-refractivity contribution in [1.29, 1.82) is 0 Å². The summed E-state index contributed by atoms with van der Waals surface area (Å²) in [5, 5.41) is 31.2. The molecule has 4 saturated carbocycles. The first-order valence-corrected chi connectivity index (χ1v) is 12.4. The minimum Gasteiger partial charge on any atom is -0.481 e. The number of carboxylic acid groups (broad SMARTS) is 1. The molecule has 4 nitrogen and oxygen atoms in total. The monoisotopic (exact) mass is 418 g/mol. The number of rotatable bonds is 4. The van der Waals surface area contributed by atoms with Crippen molar-refractivity contribution in [3.63, 3.8) is 0 Å². The van der Waals surface area contributed by atoms with Gasteiger partial charge >= 0.3 is 5.97 Å². The van der Waals surface area contributed by atoms with Gasteiger partial charge in [-0.1, -0.05) is 26.8 Å². The highest BCUT2D eigenvalue weighted by atomic mass is 16.4. The van der Waals surface area contributed by atoms with Gasteiger partial charge in [-0.25, -0.2) is 0 Å². The molecule has 0 bridgehead atoms. The van der Waals surface area contributed by atoms with Crippen molar-refractivity contribution in [3.8, 4) is 0 Å². The van der Waals surface area contributed by atoms with E-state index in [0.29, 0.717) is 35.5 Å². The standard InChI is InChI=1S/C26H42O4/c1-5-17-21-14-16(27)10-12-26(21,4)20-11-13-25(3)18(15(2)6-9-22(28)29)7-8-19(25)23(20)24(17)30/h5,15-16,18-21,23-24,27,30H,6-14H2,1-4H3,(H,28,29). The van der Waals surface area contributed by atoms with Gasteiger partial charge in [0, 0.05) is 6.42 Å². The molecule has 10 atom stereocenters. The normalized spacial score (nSPS) is 50.5. The summed E-state index contributed by atoms with van der Waals surface area (Å²) in [5.74, 6) is 1.94. The maximum absolute atomic E-state index is 11.6. The highest BCUT2D eigenvalue weighted by Crippen LogP contribution is 2.69. The molecular weight excluding hydrogens is 376 g/mol. The maximum atomic E-state index is 11.6. The summed E-state index contributed by atoms with van der Waals surface area (Å²) in [6.45, 7) is 9.21. The molecule has 4 aliphatic rings. The van der Waals surface area contributed by atoms with E-state index in [0.717, 1.165) is 38.5 Å². The van der Waals surface area contributed by atoms with E-state index in [1.165, 1.54) is 18.4 Å². The van der Waals surface area contributed by atoms with Crippen molar-refractivity contribution >= 4 is 5.97 Å². The molecule has 4 aliphatic carbocycles. The molecule has 3 N–H and O–H groups in total. The minimum absolute atomic E-state index is 0.180. The van der Waals surface area contributed by atoms with E-state index in [4.69, 9.17) is 5.11 Å². The molecular formula is C26H42O4. The number of carboxylic acids is 1. The molecule has 4 heteroatoms. The van der Waals surface area contributed by atoms with Crippen LogP contribution in [0.3, 0.4) is 0 Å². The Morgan fingerprint density at radius 1 is 1.10 bits per heavy atom. The van der Waals surface area contributed by atoms with Crippen molar-refractivity contribution in [2.75, 3.05) is 0 Å². The molecule has 0 heterocycles. The average Bonchev–Trinajstić information content (AvgIpc) is 3.05. The third-order valence-corrected chi connectivity index (χ3v) is 10.5. The van der Waals surface area contributed by atoms with Gasteiger partial charge in [0.05, 0.1) is 12.2 Å². The van der Waals surface area contributed by atoms with Gasteiger partial charge in [0.15, 0.2) is 0 Å². The number of aliphatic carboxylic acids is 1. The number of fused-ring (bicyclic) bond motifs is 5. The lowest BCUT2D eigenvalue weighted by atomic mass is 9.42. The van der Waals surface area contributed by atoms with Crippen molar-refractivity contribution in [1.82, 2.24) is 0 Å². The van der Waals surface area contributed by atoms with Gasteiger partial charge in [0.1, 0.15) is 0 Å². The Hall–Kier alpha value is -0.870. The second-order valence-electron chi connectivity index (χ2n) is 11.6. The summed E-state index contributed by atoms with van der Waals surface area (Å²) in [6.07, 6.45) is 9.99. The van der Waals surface area contributed by atoms with Gasteiger partial charge in [-0.3, -0.25) is 4.79 Å². The predicted molar refractivity (Wildman–Crippen MR) is 118 cm³/mol. The van der Waals surface area contributed by atoms with Crippen LogP contribution in [0.25, 0.3) is 0 Å². The Morgan fingerprint density at radius 3 is 2.43 bits per heavy atom. The van der Waals surface area contributed by atoms with E-state index in [9.17, 15) is 15.0 Å². The number of allylic oxidation sites excluding steroid dienone is 1. The Balaban J connectivity index is 1.63. The molecule has 0 radical (unpaired) electrons. The first-order chi connectivity index (χ1) is 14.1. The fourth-order valence-corrected chi connectivity index (χ4v) is 9.00. The Labute approximate surface area is 182 Å². The van der Waals surface area contributed by atoms with Crippen LogP contribution in [0, 0.1) is 46.3 Å². The molecule has 0 aromatic rings. The molecule has 0 amide bonds. The summed E-state index contributed by atoms with van der Waals surface area (Å²) in [5.41, 5.74) is 1.57. The van der Waals surface area contributed by atoms with Gasteiger partial charge in [0.2, 0.25) is 0 Å². The zero-order valence-corrected chi connectivity index (χ0v) is 19.3. The molecule has 30 heavy (non-hydrogen) atoms. The first-order valence-electron chi connectivity index (χ1n) is 12.4. The van der Waals surface area contributed by atoms with Gasteiger partial charge in [0.25, 0.3) is 0 Å². The molecule has 0 aliphatic heterocycles. The van der Waals surface area contributed by atoms with Crippen LogP contribution in [0.1, 0.15) is 85.5 Å². The zero-order valence-electron chi connectivity index (χ0n) is 19.3. The summed E-state index contributed by atoms with van der Waals surface area (Å²) < 4.78 is 0. The molecule has 0 aromatic carbocycles. The van der Waals surface area contributed by atoms with E-state index in [1.807, 2.05) is 0 Å². The van der Waals surface area contributed by atoms with E-state index in [-0.39, 0.29) is 29.5 Å². The highest BCUT2D eigenvalue weighted by molar-refractivity contribution is 5.66. The molecule has 0 aromatic heterocycles. The van der Waals surface area contributed by atoms with Crippen molar-refractivity contribution < 1.29 is 20.1 Å². The van der Waals surface area contributed by atoms with Crippen LogP contribution >= 0.6 is 0 Å². The van der Waals surface area contributed by atoms with E-state index < -0.39 is 5.97 Å². The van der Waals surface area contributed by atoms with Crippen molar-refractivity contribution in [3.05, 3.63) is 11.6 Å². The molecule has 4 rings (SSSR count). The summed E-state index contributed by atoms with van der Waals surface area (Å²) in [6, 6.07) is 0. The lowest BCUT2D eigenvalue weighted by Gasteiger charge is -2.63. The van der Waals surface area contributed by atoms with Crippen LogP contribution in [0.4, 0.5) is 0 Å². The smallest absolute Gasteiger partial charge is 0.303 e. The molecule has 10 unspecified atom stereocenters. The summed E-state index contributed by atoms with van der Waals surface area (Å²) >= 11 is 0. The molecule has 0 spiro atoms. The zero-order chi connectivity index (χ0) is 21.8. The summed E-state index contributed by atoms with van der Waals surface area (Å²) in [4.78, 5) is 11.1. The lowest BCUT2D eigenvalue weighted by Crippen LogP contribution is -2.59. The van der Waals surface area contributed by atoms with Crippen LogP contribution < -0.4 is 0 Å². The number of carbonyl (C=O) groups is 1. The quantitative estimate of drug-likeness (QED) is 0.559. The minimum atomic E-state index is -0.691. The number of aliphatic hydroxyl groups is 2. The molecule has 170 valence electrons. The predicted octanol–water partition coefficient (Wildman–Crippen LogP) is 5.03. The first kappa shape index (κ1) is 22.3. The van der Waals surface area contributed by atoms with Crippen molar-refractivity contribution in [2.45, 2.75) is 97.7 Å². The highest BCUT2D eigenvalue weighted by Gasteiger charge is 2.63. The SMILES string of the molecule is CC=C1C(O)C2C(CCC3(C)C(C(C)CCC(=O)O)CCC23)C2(C)CCC(O)CC12. The Morgan fingerprint density at radius 2 is 1.77 bits per heavy atom. The van der Waals surface area contributed by atoms with E-state index in [1.54, 1.807) is 0 Å². The topological polar surface area (TPSA) is 77.8 Å². The fourth-order valence-electron chi connectivity index (χ4n) is 9.00. The number of hydrogen-bond acceptors (Lipinski definition) is 3. The van der Waals surface area contributed by atoms with Crippen LogP contribution in [0.5, 0.6) is 0 Å². The number of hydrogen-bond donors (Lipinski definition) is 3. The average molecular weight is 419 g/mol. The van der Waals surface area contributed by atoms with Gasteiger partial charge in [-0.05, 0) is 110 Å². The van der Waals surface area contributed by atoms with E-state index in [2.05, 4.69) is 33.8 Å². The Bertz CT molecular complexity index is 701. The second kappa shape index (κ2) is 7.92. The van der Waals surface area contributed by atoms with Crippen LogP contribution in [0.15, 0.2) is 11.6 Å². The van der Waals surface area contributed by atoms with Crippen LogP contribution in [-0.2, 0) is 4.79 Å². The molecule has 0 saturated heterocycles. The third-order valence-electron chi connectivity index (χ3n) is 10.5.